The Balaban J connectivity index is 1.94. The van der Waals surface area contributed by atoms with Crippen LogP contribution in [0.25, 0.3) is 11.1 Å². The fourth-order valence-electron chi connectivity index (χ4n) is 2.41. The number of halogens is 2. The van der Waals surface area contributed by atoms with Gasteiger partial charge in [0.1, 0.15) is 23.1 Å². The minimum atomic E-state index is -0.843. The van der Waals surface area contributed by atoms with Crippen molar-refractivity contribution in [3.63, 3.8) is 0 Å². The first-order valence-corrected chi connectivity index (χ1v) is 8.59. The van der Waals surface area contributed by atoms with Gasteiger partial charge in [0.15, 0.2) is 0 Å². The Kier molecular flexibility index (Phi) is 5.09. The number of carbonyl (C=O) groups is 1. The molecule has 1 heterocycles. The molecule has 6 heteroatoms. The summed E-state index contributed by atoms with van der Waals surface area (Å²) in [6, 6.07) is 11.0. The molecule has 0 aliphatic rings. The molecule has 0 saturated carbocycles. The standard InChI is InChI=1S/C19H15F2NO2S/c1-2-24-17-6-4-3-5-14(17)13-9-15(20)18(16(21)10-13)22-19(23)12-7-8-25-11-12/h3-11H,2H2,1H3,(H,22,23). The number of para-hydroxylation sites is 1. The maximum absolute atomic E-state index is 14.4. The number of amides is 1. The SMILES string of the molecule is CCOc1ccccc1-c1cc(F)c(NC(=O)c2ccsc2)c(F)c1. The summed E-state index contributed by atoms with van der Waals surface area (Å²) in [5, 5.41) is 5.61. The summed E-state index contributed by atoms with van der Waals surface area (Å²) in [5.74, 6) is -1.70. The van der Waals surface area contributed by atoms with Crippen LogP contribution in [0, 0.1) is 11.6 Å². The molecule has 0 bridgehead atoms. The molecule has 0 saturated heterocycles. The number of hydrogen-bond acceptors (Lipinski definition) is 3. The monoisotopic (exact) mass is 359 g/mol. The minimum Gasteiger partial charge on any atom is -0.493 e. The van der Waals surface area contributed by atoms with E-state index >= 15 is 0 Å². The number of ether oxygens (including phenoxy) is 1. The molecular formula is C19H15F2NO2S. The Morgan fingerprint density at radius 3 is 2.52 bits per heavy atom. The molecule has 3 rings (SSSR count). The second-order valence-electron chi connectivity index (χ2n) is 5.21. The van der Waals surface area contributed by atoms with Crippen molar-refractivity contribution in [2.75, 3.05) is 11.9 Å². The molecule has 128 valence electrons. The lowest BCUT2D eigenvalue weighted by Crippen LogP contribution is -2.13. The van der Waals surface area contributed by atoms with Crippen molar-refractivity contribution in [1.82, 2.24) is 0 Å². The third-order valence-electron chi connectivity index (χ3n) is 3.56. The van der Waals surface area contributed by atoms with Crippen LogP contribution in [0.5, 0.6) is 5.75 Å². The Hall–Kier alpha value is -2.73. The number of hydrogen-bond donors (Lipinski definition) is 1. The maximum atomic E-state index is 14.4. The minimum absolute atomic E-state index is 0.340. The van der Waals surface area contributed by atoms with Gasteiger partial charge in [-0.2, -0.15) is 11.3 Å². The first-order valence-electron chi connectivity index (χ1n) is 7.65. The summed E-state index contributed by atoms with van der Waals surface area (Å²) in [6.07, 6.45) is 0. The van der Waals surface area contributed by atoms with Crippen molar-refractivity contribution >= 4 is 22.9 Å². The molecule has 3 nitrogen and oxygen atoms in total. The average molecular weight is 359 g/mol. The Bertz CT molecular complexity index is 871. The number of nitrogens with one attached hydrogen (secondary N) is 1. The highest BCUT2D eigenvalue weighted by atomic mass is 32.1. The molecule has 0 fully saturated rings. The molecule has 3 aromatic rings. The van der Waals surface area contributed by atoms with Gasteiger partial charge in [-0.3, -0.25) is 4.79 Å². The number of carbonyl (C=O) groups excluding carboxylic acids is 1. The molecule has 0 aliphatic carbocycles. The largest absolute Gasteiger partial charge is 0.493 e. The van der Waals surface area contributed by atoms with Crippen molar-refractivity contribution in [1.29, 1.82) is 0 Å². The molecule has 1 N–H and O–H groups in total. The van der Waals surface area contributed by atoms with Crippen LogP contribution in [0.1, 0.15) is 17.3 Å². The maximum Gasteiger partial charge on any atom is 0.256 e. The Morgan fingerprint density at radius 2 is 1.88 bits per heavy atom. The van der Waals surface area contributed by atoms with Crippen molar-refractivity contribution < 1.29 is 18.3 Å². The van der Waals surface area contributed by atoms with Crippen molar-refractivity contribution in [3.8, 4) is 16.9 Å². The second-order valence-corrected chi connectivity index (χ2v) is 5.99. The van der Waals surface area contributed by atoms with Gasteiger partial charge in [-0.15, -0.1) is 0 Å². The molecule has 0 unspecified atom stereocenters. The summed E-state index contributed by atoms with van der Waals surface area (Å²) in [5.41, 5.74) is 0.814. The van der Waals surface area contributed by atoms with Crippen LogP contribution in [0.4, 0.5) is 14.5 Å². The predicted octanol–water partition coefficient (Wildman–Crippen LogP) is 5.34. The lowest BCUT2D eigenvalue weighted by Gasteiger charge is -2.13. The zero-order chi connectivity index (χ0) is 17.8. The summed E-state index contributed by atoms with van der Waals surface area (Å²) in [4.78, 5) is 12.0. The highest BCUT2D eigenvalue weighted by Crippen LogP contribution is 2.33. The van der Waals surface area contributed by atoms with E-state index in [1.165, 1.54) is 23.5 Å². The summed E-state index contributed by atoms with van der Waals surface area (Å²) in [6.45, 7) is 2.28. The molecule has 1 amide bonds. The number of thiophene rings is 1. The van der Waals surface area contributed by atoms with E-state index in [9.17, 15) is 13.6 Å². The van der Waals surface area contributed by atoms with Crippen LogP contribution < -0.4 is 10.1 Å². The fourth-order valence-corrected chi connectivity index (χ4v) is 3.05. The number of rotatable bonds is 5. The second kappa shape index (κ2) is 7.44. The van der Waals surface area contributed by atoms with Gasteiger partial charge in [0.25, 0.3) is 5.91 Å². The van der Waals surface area contributed by atoms with Crippen LogP contribution in [-0.2, 0) is 0 Å². The van der Waals surface area contributed by atoms with Crippen LogP contribution >= 0.6 is 11.3 Å². The normalized spacial score (nSPS) is 10.5. The molecule has 25 heavy (non-hydrogen) atoms. The van der Waals surface area contributed by atoms with E-state index in [1.807, 2.05) is 6.92 Å². The van der Waals surface area contributed by atoms with Crippen LogP contribution in [0.2, 0.25) is 0 Å². The van der Waals surface area contributed by atoms with Gasteiger partial charge in [0.05, 0.1) is 12.2 Å². The van der Waals surface area contributed by atoms with E-state index < -0.39 is 23.2 Å². The number of anilines is 1. The lowest BCUT2D eigenvalue weighted by atomic mass is 10.0. The van der Waals surface area contributed by atoms with Gasteiger partial charge >= 0.3 is 0 Å². The van der Waals surface area contributed by atoms with E-state index in [1.54, 1.807) is 41.1 Å². The van der Waals surface area contributed by atoms with Gasteiger partial charge < -0.3 is 10.1 Å². The van der Waals surface area contributed by atoms with Gasteiger partial charge in [-0.25, -0.2) is 8.78 Å². The van der Waals surface area contributed by atoms with Crippen molar-refractivity contribution in [2.24, 2.45) is 0 Å². The topological polar surface area (TPSA) is 38.3 Å². The van der Waals surface area contributed by atoms with E-state index in [0.717, 1.165) is 0 Å². The van der Waals surface area contributed by atoms with E-state index in [-0.39, 0.29) is 0 Å². The first kappa shape index (κ1) is 17.1. The van der Waals surface area contributed by atoms with E-state index in [0.29, 0.717) is 29.0 Å². The molecule has 0 spiro atoms. The highest BCUT2D eigenvalue weighted by molar-refractivity contribution is 7.08. The third kappa shape index (κ3) is 3.69. The Labute approximate surface area is 147 Å². The van der Waals surface area contributed by atoms with Crippen LogP contribution in [-0.4, -0.2) is 12.5 Å². The average Bonchev–Trinajstić information content (AvgIpc) is 3.13. The smallest absolute Gasteiger partial charge is 0.256 e. The van der Waals surface area contributed by atoms with Crippen molar-refractivity contribution in [2.45, 2.75) is 6.92 Å². The molecule has 0 radical (unpaired) electrons. The zero-order valence-corrected chi connectivity index (χ0v) is 14.2. The van der Waals surface area contributed by atoms with Gasteiger partial charge in [-0.05, 0) is 42.1 Å². The summed E-state index contributed by atoms with van der Waals surface area (Å²) < 4.78 is 34.3. The number of benzene rings is 2. The molecule has 0 aliphatic heterocycles. The van der Waals surface area contributed by atoms with Crippen LogP contribution in [0.15, 0.2) is 53.2 Å². The third-order valence-corrected chi connectivity index (χ3v) is 4.25. The fraction of sp³-hybridized carbons (Fsp3) is 0.105. The lowest BCUT2D eigenvalue weighted by molar-refractivity contribution is 0.102. The van der Waals surface area contributed by atoms with Crippen LogP contribution in [0.3, 0.4) is 0 Å². The van der Waals surface area contributed by atoms with E-state index in [4.69, 9.17) is 4.74 Å². The summed E-state index contributed by atoms with van der Waals surface area (Å²) >= 11 is 1.33. The Morgan fingerprint density at radius 1 is 1.16 bits per heavy atom. The van der Waals surface area contributed by atoms with Gasteiger partial charge in [-0.1, -0.05) is 18.2 Å². The first-order chi connectivity index (χ1) is 12.1. The molecule has 1 aromatic heterocycles. The predicted molar refractivity (Wildman–Crippen MR) is 95.2 cm³/mol. The zero-order valence-electron chi connectivity index (χ0n) is 13.4. The van der Waals surface area contributed by atoms with Gasteiger partial charge in [0.2, 0.25) is 0 Å². The van der Waals surface area contributed by atoms with E-state index in [2.05, 4.69) is 5.32 Å². The quantitative estimate of drug-likeness (QED) is 0.667. The molecule has 2 aromatic carbocycles. The highest BCUT2D eigenvalue weighted by Gasteiger charge is 2.17. The molecule has 0 atom stereocenters. The van der Waals surface area contributed by atoms with Crippen molar-refractivity contribution in [3.05, 3.63) is 70.4 Å². The summed E-state index contributed by atoms with van der Waals surface area (Å²) in [7, 11) is 0. The van der Waals surface area contributed by atoms with Gasteiger partial charge in [0, 0.05) is 10.9 Å². The molecular weight excluding hydrogens is 344 g/mol.